The molecule has 0 saturated heterocycles. The van der Waals surface area contributed by atoms with Gasteiger partial charge in [-0.1, -0.05) is 48.5 Å². The van der Waals surface area contributed by atoms with Crippen LogP contribution in [0.15, 0.2) is 67.3 Å². The zero-order valence-corrected chi connectivity index (χ0v) is 11.3. The minimum absolute atomic E-state index is 0.123. The maximum atomic E-state index is 12.8. The molecule has 2 rings (SSSR count). The van der Waals surface area contributed by atoms with E-state index in [2.05, 4.69) is 6.58 Å². The fourth-order valence-electron chi connectivity index (χ4n) is 2.28. The van der Waals surface area contributed by atoms with Gasteiger partial charge in [-0.15, -0.1) is 6.58 Å². The zero-order chi connectivity index (χ0) is 15.5. The van der Waals surface area contributed by atoms with Crippen molar-refractivity contribution in [2.75, 3.05) is 0 Å². The van der Waals surface area contributed by atoms with E-state index in [9.17, 15) is 18.3 Å². The van der Waals surface area contributed by atoms with Crippen LogP contribution >= 0.6 is 0 Å². The topological polar surface area (TPSA) is 20.2 Å². The van der Waals surface area contributed by atoms with Gasteiger partial charge in [-0.25, -0.2) is 0 Å². The average molecular weight is 292 g/mol. The first-order chi connectivity index (χ1) is 9.88. The number of hydrogen-bond donors (Lipinski definition) is 1. The van der Waals surface area contributed by atoms with Crippen molar-refractivity contribution in [3.63, 3.8) is 0 Å². The van der Waals surface area contributed by atoms with E-state index in [0.717, 1.165) is 12.1 Å². The number of aliphatic hydroxyl groups is 1. The minimum Gasteiger partial charge on any atom is -0.380 e. The van der Waals surface area contributed by atoms with Crippen LogP contribution in [0.2, 0.25) is 0 Å². The van der Waals surface area contributed by atoms with Crippen molar-refractivity contribution in [1.82, 2.24) is 0 Å². The second-order valence-electron chi connectivity index (χ2n) is 4.80. The van der Waals surface area contributed by atoms with Crippen LogP contribution in [0.1, 0.15) is 23.1 Å². The van der Waals surface area contributed by atoms with Crippen LogP contribution in [-0.2, 0) is 11.8 Å². The predicted octanol–water partition coefficient (Wildman–Crippen LogP) is 4.52. The number of rotatable bonds is 4. The maximum absolute atomic E-state index is 12.8. The third kappa shape index (κ3) is 3.16. The second kappa shape index (κ2) is 5.74. The van der Waals surface area contributed by atoms with E-state index in [1.54, 1.807) is 30.3 Å². The standard InChI is InChI=1S/C17H15F3O/c1-2-11-16(21,13-7-4-3-5-8-13)14-9-6-10-15(12-14)17(18,19)20/h2-10,12,21H,1,11H2. The molecule has 0 aliphatic carbocycles. The molecule has 1 nitrogen and oxygen atoms in total. The van der Waals surface area contributed by atoms with E-state index in [4.69, 9.17) is 0 Å². The lowest BCUT2D eigenvalue weighted by molar-refractivity contribution is -0.137. The highest BCUT2D eigenvalue weighted by molar-refractivity contribution is 5.39. The highest BCUT2D eigenvalue weighted by atomic mass is 19.4. The molecule has 0 saturated carbocycles. The van der Waals surface area contributed by atoms with Crippen LogP contribution in [0.3, 0.4) is 0 Å². The Bertz CT molecular complexity index is 619. The molecule has 4 heteroatoms. The van der Waals surface area contributed by atoms with Gasteiger partial charge in [0.25, 0.3) is 0 Å². The first-order valence-corrected chi connectivity index (χ1v) is 6.44. The molecule has 0 aliphatic heterocycles. The van der Waals surface area contributed by atoms with E-state index >= 15 is 0 Å². The molecule has 0 fully saturated rings. The van der Waals surface area contributed by atoms with Crippen LogP contribution in [0.5, 0.6) is 0 Å². The summed E-state index contributed by atoms with van der Waals surface area (Å²) in [6.07, 6.45) is -2.83. The normalized spacial score (nSPS) is 14.5. The Morgan fingerprint density at radius 3 is 2.05 bits per heavy atom. The molecule has 0 aromatic heterocycles. The highest BCUT2D eigenvalue weighted by Gasteiger charge is 2.35. The molecular formula is C17H15F3O. The van der Waals surface area contributed by atoms with Crippen molar-refractivity contribution < 1.29 is 18.3 Å². The fraction of sp³-hybridized carbons (Fsp3) is 0.176. The molecule has 21 heavy (non-hydrogen) atoms. The average Bonchev–Trinajstić information content (AvgIpc) is 2.47. The third-order valence-electron chi connectivity index (χ3n) is 3.36. The van der Waals surface area contributed by atoms with Gasteiger partial charge in [-0.2, -0.15) is 13.2 Å². The molecule has 0 spiro atoms. The molecule has 1 unspecified atom stereocenters. The van der Waals surface area contributed by atoms with Crippen molar-refractivity contribution in [3.8, 4) is 0 Å². The Hall–Kier alpha value is -2.07. The molecule has 110 valence electrons. The van der Waals surface area contributed by atoms with Crippen molar-refractivity contribution in [3.05, 3.63) is 83.9 Å². The highest BCUT2D eigenvalue weighted by Crippen LogP contribution is 2.37. The fourth-order valence-corrected chi connectivity index (χ4v) is 2.28. The first-order valence-electron chi connectivity index (χ1n) is 6.44. The molecule has 0 aliphatic rings. The summed E-state index contributed by atoms with van der Waals surface area (Å²) in [4.78, 5) is 0. The zero-order valence-electron chi connectivity index (χ0n) is 11.3. The SMILES string of the molecule is C=CCC(O)(c1ccccc1)c1cccc(C(F)(F)F)c1. The van der Waals surface area contributed by atoms with Crippen LogP contribution in [0, 0.1) is 0 Å². The molecule has 1 N–H and O–H groups in total. The summed E-state index contributed by atoms with van der Waals surface area (Å²) in [6, 6.07) is 13.4. The summed E-state index contributed by atoms with van der Waals surface area (Å²) in [7, 11) is 0. The smallest absolute Gasteiger partial charge is 0.380 e. The van der Waals surface area contributed by atoms with Gasteiger partial charge in [0, 0.05) is 6.42 Å². The van der Waals surface area contributed by atoms with E-state index in [-0.39, 0.29) is 12.0 Å². The monoisotopic (exact) mass is 292 g/mol. The largest absolute Gasteiger partial charge is 0.416 e. The van der Waals surface area contributed by atoms with Gasteiger partial charge in [0.05, 0.1) is 5.56 Å². The van der Waals surface area contributed by atoms with Gasteiger partial charge < -0.3 is 5.11 Å². The summed E-state index contributed by atoms with van der Waals surface area (Å²) in [5.74, 6) is 0. The molecule has 0 bridgehead atoms. The Morgan fingerprint density at radius 2 is 1.48 bits per heavy atom. The summed E-state index contributed by atoms with van der Waals surface area (Å²) in [5.41, 5.74) is -1.57. The van der Waals surface area contributed by atoms with Gasteiger partial charge in [0.2, 0.25) is 0 Å². The molecule has 2 aromatic carbocycles. The minimum atomic E-state index is -4.44. The van der Waals surface area contributed by atoms with Crippen LogP contribution in [0.25, 0.3) is 0 Å². The lowest BCUT2D eigenvalue weighted by Gasteiger charge is -2.29. The number of benzene rings is 2. The summed E-state index contributed by atoms with van der Waals surface area (Å²) >= 11 is 0. The Morgan fingerprint density at radius 1 is 0.905 bits per heavy atom. The van der Waals surface area contributed by atoms with Crippen LogP contribution < -0.4 is 0 Å². The van der Waals surface area contributed by atoms with E-state index < -0.39 is 17.3 Å². The van der Waals surface area contributed by atoms with Gasteiger partial charge in [-0.05, 0) is 23.3 Å². The molecule has 0 radical (unpaired) electrons. The van der Waals surface area contributed by atoms with Gasteiger partial charge >= 0.3 is 6.18 Å². The third-order valence-corrected chi connectivity index (χ3v) is 3.36. The maximum Gasteiger partial charge on any atom is 0.416 e. The predicted molar refractivity (Wildman–Crippen MR) is 75.7 cm³/mol. The molecular weight excluding hydrogens is 277 g/mol. The van der Waals surface area contributed by atoms with Crippen molar-refractivity contribution in [2.24, 2.45) is 0 Å². The van der Waals surface area contributed by atoms with Gasteiger partial charge in [0.1, 0.15) is 5.60 Å². The van der Waals surface area contributed by atoms with Crippen LogP contribution in [-0.4, -0.2) is 5.11 Å². The molecule has 0 heterocycles. The van der Waals surface area contributed by atoms with Gasteiger partial charge in [-0.3, -0.25) is 0 Å². The first kappa shape index (κ1) is 15.3. The molecule has 0 amide bonds. The van der Waals surface area contributed by atoms with Gasteiger partial charge in [0.15, 0.2) is 0 Å². The number of halogens is 3. The number of hydrogen-bond acceptors (Lipinski definition) is 1. The number of alkyl halides is 3. The lowest BCUT2D eigenvalue weighted by Crippen LogP contribution is -2.27. The van der Waals surface area contributed by atoms with E-state index in [1.807, 2.05) is 0 Å². The Kier molecular flexibility index (Phi) is 4.19. The lowest BCUT2D eigenvalue weighted by atomic mass is 9.83. The summed E-state index contributed by atoms with van der Waals surface area (Å²) in [6.45, 7) is 3.59. The van der Waals surface area contributed by atoms with Crippen molar-refractivity contribution >= 4 is 0 Å². The van der Waals surface area contributed by atoms with E-state index in [0.29, 0.717) is 5.56 Å². The Labute approximate surface area is 121 Å². The quantitative estimate of drug-likeness (QED) is 0.822. The van der Waals surface area contributed by atoms with E-state index in [1.165, 1.54) is 18.2 Å². The summed E-state index contributed by atoms with van der Waals surface area (Å²) < 4.78 is 38.5. The summed E-state index contributed by atoms with van der Waals surface area (Å²) in [5, 5.41) is 10.9. The van der Waals surface area contributed by atoms with Crippen molar-refractivity contribution in [1.29, 1.82) is 0 Å². The second-order valence-corrected chi connectivity index (χ2v) is 4.80. The Balaban J connectivity index is 2.56. The molecule has 2 aromatic rings. The molecule has 1 atom stereocenters. The van der Waals surface area contributed by atoms with Crippen molar-refractivity contribution in [2.45, 2.75) is 18.2 Å². The van der Waals surface area contributed by atoms with Crippen LogP contribution in [0.4, 0.5) is 13.2 Å².